The SMILES string of the molecule is Cc1nc(C(N)=O)c2n1-c1ccccc1C(c1ccccc1Cl)=NC2O. The molecule has 4 rings (SSSR count). The first-order valence-corrected chi connectivity index (χ1v) is 8.36. The van der Waals surface area contributed by atoms with Crippen molar-refractivity contribution in [3.63, 3.8) is 0 Å². The maximum absolute atomic E-state index is 11.8. The van der Waals surface area contributed by atoms with E-state index in [1.165, 1.54) is 0 Å². The number of halogens is 1. The van der Waals surface area contributed by atoms with E-state index < -0.39 is 12.1 Å². The fraction of sp³-hybridized carbons (Fsp3) is 0.105. The Hall–Kier alpha value is -2.96. The van der Waals surface area contributed by atoms with Gasteiger partial charge in [-0.1, -0.05) is 48.0 Å². The van der Waals surface area contributed by atoms with Crippen molar-refractivity contribution in [3.8, 4) is 5.69 Å². The summed E-state index contributed by atoms with van der Waals surface area (Å²) in [6.07, 6.45) is -1.31. The molecule has 1 aliphatic rings. The number of aliphatic imine (C=N–C) groups is 1. The lowest BCUT2D eigenvalue weighted by molar-refractivity contribution is 0.0987. The van der Waals surface area contributed by atoms with Crippen molar-refractivity contribution >= 4 is 23.2 Å². The molecule has 0 saturated carbocycles. The van der Waals surface area contributed by atoms with Crippen LogP contribution >= 0.6 is 11.6 Å². The van der Waals surface area contributed by atoms with E-state index in [9.17, 15) is 9.90 Å². The second kappa shape index (κ2) is 6.09. The molecule has 26 heavy (non-hydrogen) atoms. The molecule has 0 radical (unpaired) electrons. The summed E-state index contributed by atoms with van der Waals surface area (Å²) in [5, 5.41) is 11.3. The number of aryl methyl sites for hydroxylation is 1. The molecular formula is C19H15ClN4O2. The van der Waals surface area contributed by atoms with Crippen LogP contribution in [0.3, 0.4) is 0 Å². The number of benzene rings is 2. The number of fused-ring (bicyclic) bond motifs is 3. The third-order valence-electron chi connectivity index (χ3n) is 4.34. The Bertz CT molecular complexity index is 1070. The second-order valence-corrected chi connectivity index (χ2v) is 6.35. The van der Waals surface area contributed by atoms with Crippen LogP contribution in [0.1, 0.15) is 39.4 Å². The lowest BCUT2D eigenvalue weighted by Gasteiger charge is -2.13. The molecule has 1 aromatic heterocycles. The van der Waals surface area contributed by atoms with Gasteiger partial charge in [0.25, 0.3) is 5.91 Å². The maximum Gasteiger partial charge on any atom is 0.269 e. The van der Waals surface area contributed by atoms with Crippen molar-refractivity contribution in [2.45, 2.75) is 13.2 Å². The molecule has 0 aliphatic carbocycles. The van der Waals surface area contributed by atoms with Crippen LogP contribution in [0.2, 0.25) is 5.02 Å². The van der Waals surface area contributed by atoms with E-state index in [1.54, 1.807) is 17.6 Å². The molecule has 7 heteroatoms. The molecule has 1 unspecified atom stereocenters. The fourth-order valence-electron chi connectivity index (χ4n) is 3.26. The quantitative estimate of drug-likeness (QED) is 0.730. The van der Waals surface area contributed by atoms with Crippen LogP contribution < -0.4 is 5.73 Å². The summed E-state index contributed by atoms with van der Waals surface area (Å²) in [6.45, 7) is 1.75. The monoisotopic (exact) mass is 366 g/mol. The summed E-state index contributed by atoms with van der Waals surface area (Å²) in [7, 11) is 0. The molecular weight excluding hydrogens is 352 g/mol. The van der Waals surface area contributed by atoms with E-state index in [0.717, 1.165) is 11.3 Å². The number of nitrogens with two attached hydrogens (primary N) is 1. The van der Waals surface area contributed by atoms with E-state index in [0.29, 0.717) is 22.1 Å². The molecule has 1 aliphatic heterocycles. The van der Waals surface area contributed by atoms with Crippen molar-refractivity contribution in [3.05, 3.63) is 81.9 Å². The third-order valence-corrected chi connectivity index (χ3v) is 4.67. The van der Waals surface area contributed by atoms with E-state index in [2.05, 4.69) is 9.98 Å². The lowest BCUT2D eigenvalue weighted by atomic mass is 10.0. The molecule has 3 aromatic rings. The van der Waals surface area contributed by atoms with Gasteiger partial charge in [0.1, 0.15) is 11.5 Å². The number of hydrogen-bond acceptors (Lipinski definition) is 4. The summed E-state index contributed by atoms with van der Waals surface area (Å²) in [4.78, 5) is 20.5. The van der Waals surface area contributed by atoms with Crippen LogP contribution in [0.5, 0.6) is 0 Å². The Morgan fingerprint density at radius 2 is 1.81 bits per heavy atom. The van der Waals surface area contributed by atoms with Gasteiger partial charge in [0.05, 0.1) is 11.4 Å². The van der Waals surface area contributed by atoms with Crippen LogP contribution in [0.25, 0.3) is 5.69 Å². The van der Waals surface area contributed by atoms with Gasteiger partial charge in [0.2, 0.25) is 0 Å². The van der Waals surface area contributed by atoms with Gasteiger partial charge in [-0.3, -0.25) is 9.36 Å². The van der Waals surface area contributed by atoms with Gasteiger partial charge in [-0.05, 0) is 19.1 Å². The number of carbonyl (C=O) groups excluding carboxylic acids is 1. The van der Waals surface area contributed by atoms with Gasteiger partial charge in [-0.15, -0.1) is 0 Å². The number of carbonyl (C=O) groups is 1. The normalized spacial score (nSPS) is 15.7. The van der Waals surface area contributed by atoms with Gasteiger partial charge >= 0.3 is 0 Å². The number of primary amides is 1. The second-order valence-electron chi connectivity index (χ2n) is 5.94. The topological polar surface area (TPSA) is 93.5 Å². The van der Waals surface area contributed by atoms with E-state index >= 15 is 0 Å². The Balaban J connectivity index is 2.08. The maximum atomic E-state index is 11.8. The highest BCUT2D eigenvalue weighted by atomic mass is 35.5. The number of imidazole rings is 1. The highest BCUT2D eigenvalue weighted by Gasteiger charge is 2.30. The molecule has 1 amide bonds. The van der Waals surface area contributed by atoms with Crippen LogP contribution in [-0.4, -0.2) is 26.3 Å². The first kappa shape index (κ1) is 16.5. The Kier molecular flexibility index (Phi) is 3.86. The highest BCUT2D eigenvalue weighted by molar-refractivity contribution is 6.35. The molecule has 0 bridgehead atoms. The smallest absolute Gasteiger partial charge is 0.269 e. The molecule has 2 heterocycles. The standard InChI is InChI=1S/C19H15ClN4O2/c1-10-22-16(18(21)25)17-19(26)23-15(11-6-2-4-8-13(11)20)12-7-3-5-9-14(12)24(10)17/h2-9,19,26H,1H3,(H2,21,25). The van der Waals surface area contributed by atoms with Gasteiger partial charge in [-0.2, -0.15) is 0 Å². The summed E-state index contributed by atoms with van der Waals surface area (Å²) < 4.78 is 1.72. The van der Waals surface area contributed by atoms with Crippen molar-refractivity contribution < 1.29 is 9.90 Å². The van der Waals surface area contributed by atoms with Crippen LogP contribution in [0.4, 0.5) is 0 Å². The number of hydrogen-bond donors (Lipinski definition) is 2. The molecule has 6 nitrogen and oxygen atoms in total. The largest absolute Gasteiger partial charge is 0.367 e. The lowest BCUT2D eigenvalue weighted by Crippen LogP contribution is -2.16. The first-order valence-electron chi connectivity index (χ1n) is 7.98. The Morgan fingerprint density at radius 1 is 1.15 bits per heavy atom. The predicted molar refractivity (Wildman–Crippen MR) is 98.9 cm³/mol. The van der Waals surface area contributed by atoms with Gasteiger partial charge in [0, 0.05) is 16.1 Å². The zero-order valence-electron chi connectivity index (χ0n) is 13.8. The summed E-state index contributed by atoms with van der Waals surface area (Å²) in [5.74, 6) is -0.175. The first-order chi connectivity index (χ1) is 12.5. The minimum absolute atomic E-state index is 0.00830. The molecule has 130 valence electrons. The molecule has 2 aromatic carbocycles. The zero-order valence-corrected chi connectivity index (χ0v) is 14.6. The van der Waals surface area contributed by atoms with Crippen LogP contribution in [-0.2, 0) is 0 Å². The van der Waals surface area contributed by atoms with Crippen molar-refractivity contribution in [1.29, 1.82) is 0 Å². The van der Waals surface area contributed by atoms with Crippen molar-refractivity contribution in [1.82, 2.24) is 9.55 Å². The predicted octanol–water partition coefficient (Wildman–Crippen LogP) is 2.77. The molecule has 0 fully saturated rings. The van der Waals surface area contributed by atoms with Gasteiger partial charge in [0.15, 0.2) is 11.9 Å². The molecule has 3 N–H and O–H groups in total. The summed E-state index contributed by atoms with van der Waals surface area (Å²) in [5.41, 5.74) is 8.47. The molecule has 0 saturated heterocycles. The Labute approximate surface area is 154 Å². The molecule has 1 atom stereocenters. The van der Waals surface area contributed by atoms with E-state index in [-0.39, 0.29) is 11.4 Å². The van der Waals surface area contributed by atoms with Crippen molar-refractivity contribution in [2.75, 3.05) is 0 Å². The van der Waals surface area contributed by atoms with Gasteiger partial charge in [-0.25, -0.2) is 9.98 Å². The average molecular weight is 367 g/mol. The number of amides is 1. The van der Waals surface area contributed by atoms with E-state index in [4.69, 9.17) is 17.3 Å². The number of rotatable bonds is 2. The minimum Gasteiger partial charge on any atom is -0.367 e. The number of aliphatic hydroxyl groups excluding tert-OH is 1. The number of aromatic nitrogens is 2. The van der Waals surface area contributed by atoms with Crippen LogP contribution in [0.15, 0.2) is 53.5 Å². The third kappa shape index (κ3) is 2.42. The van der Waals surface area contributed by atoms with Crippen LogP contribution in [0, 0.1) is 6.92 Å². The average Bonchev–Trinajstić information content (AvgIpc) is 2.91. The number of para-hydroxylation sites is 1. The fourth-order valence-corrected chi connectivity index (χ4v) is 3.49. The zero-order chi connectivity index (χ0) is 18.4. The molecule has 0 spiro atoms. The number of aliphatic hydroxyl groups is 1. The van der Waals surface area contributed by atoms with E-state index in [1.807, 2.05) is 42.5 Å². The number of nitrogens with zero attached hydrogens (tertiary/aromatic N) is 3. The Morgan fingerprint density at radius 3 is 2.50 bits per heavy atom. The summed E-state index contributed by atoms with van der Waals surface area (Å²) in [6, 6.07) is 14.8. The van der Waals surface area contributed by atoms with Crippen molar-refractivity contribution in [2.24, 2.45) is 10.7 Å². The minimum atomic E-state index is -1.31. The summed E-state index contributed by atoms with van der Waals surface area (Å²) >= 11 is 6.37. The van der Waals surface area contributed by atoms with Gasteiger partial charge < -0.3 is 10.8 Å². The highest BCUT2D eigenvalue weighted by Crippen LogP contribution is 2.33.